The highest BCUT2D eigenvalue weighted by Gasteiger charge is 2.01. The number of nitrogens with two attached hydrogens (primary N) is 1. The summed E-state index contributed by atoms with van der Waals surface area (Å²) < 4.78 is 0. The molecule has 0 atom stereocenters. The maximum Gasteiger partial charge on any atom is 0.267 e. The summed E-state index contributed by atoms with van der Waals surface area (Å²) in [4.78, 5) is 14.7. The molecule has 0 radical (unpaired) electrons. The van der Waals surface area contributed by atoms with E-state index in [9.17, 15) is 4.79 Å². The van der Waals surface area contributed by atoms with Gasteiger partial charge in [-0.3, -0.25) is 9.78 Å². The molecule has 3 nitrogen and oxygen atoms in total. The van der Waals surface area contributed by atoms with Crippen LogP contribution in [0.3, 0.4) is 0 Å². The average Bonchev–Trinajstić information content (AvgIpc) is 2.17. The van der Waals surface area contributed by atoms with Crippen molar-refractivity contribution in [1.29, 1.82) is 0 Å². The first-order chi connectivity index (χ1) is 6.27. The Morgan fingerprint density at radius 1 is 1.23 bits per heavy atom. The molecule has 0 aliphatic rings. The number of benzene rings is 1. The topological polar surface area (TPSA) is 56.0 Å². The lowest BCUT2D eigenvalue weighted by molar-refractivity contribution is 0.0996. The molecular weight excluding hydrogens is 164 g/mol. The molecule has 0 saturated heterocycles. The van der Waals surface area contributed by atoms with Crippen LogP contribution in [0.25, 0.3) is 10.8 Å². The molecule has 1 heterocycles. The zero-order valence-corrected chi connectivity index (χ0v) is 6.90. The Hall–Kier alpha value is -1.90. The monoisotopic (exact) mass is 172 g/mol. The van der Waals surface area contributed by atoms with Gasteiger partial charge in [-0.15, -0.1) is 0 Å². The van der Waals surface area contributed by atoms with E-state index in [0.717, 1.165) is 10.8 Å². The van der Waals surface area contributed by atoms with Crippen molar-refractivity contribution in [2.24, 2.45) is 5.73 Å². The molecule has 1 aromatic carbocycles. The molecule has 0 unspecified atom stereocenters. The normalized spacial score (nSPS) is 10.2. The van der Waals surface area contributed by atoms with E-state index in [1.54, 1.807) is 12.3 Å². The van der Waals surface area contributed by atoms with E-state index in [0.29, 0.717) is 5.69 Å². The summed E-state index contributed by atoms with van der Waals surface area (Å²) in [6, 6.07) is 9.38. The summed E-state index contributed by atoms with van der Waals surface area (Å²) in [5.41, 5.74) is 5.41. The number of primary amides is 1. The molecular formula is C10H8N2O. The van der Waals surface area contributed by atoms with Gasteiger partial charge in [0.25, 0.3) is 5.91 Å². The molecule has 13 heavy (non-hydrogen) atoms. The molecule has 3 heteroatoms. The van der Waals surface area contributed by atoms with E-state index in [4.69, 9.17) is 5.73 Å². The third-order valence-corrected chi connectivity index (χ3v) is 1.88. The van der Waals surface area contributed by atoms with Crippen molar-refractivity contribution in [3.63, 3.8) is 0 Å². The van der Waals surface area contributed by atoms with Crippen LogP contribution in [0.4, 0.5) is 0 Å². The molecule has 1 aromatic heterocycles. The van der Waals surface area contributed by atoms with Crippen LogP contribution in [0, 0.1) is 0 Å². The number of fused-ring (bicyclic) bond motifs is 1. The minimum absolute atomic E-state index is 0.304. The second-order valence-electron chi connectivity index (χ2n) is 2.78. The zero-order chi connectivity index (χ0) is 9.26. The van der Waals surface area contributed by atoms with E-state index >= 15 is 0 Å². The van der Waals surface area contributed by atoms with Gasteiger partial charge in [-0.1, -0.05) is 24.3 Å². The van der Waals surface area contributed by atoms with Crippen molar-refractivity contribution in [3.05, 3.63) is 42.2 Å². The smallest absolute Gasteiger partial charge is 0.267 e. The minimum Gasteiger partial charge on any atom is -0.364 e. The molecule has 1 amide bonds. The molecule has 0 spiro atoms. The highest BCUT2D eigenvalue weighted by molar-refractivity contribution is 5.95. The summed E-state index contributed by atoms with van der Waals surface area (Å²) in [5, 5.41) is 1.99. The molecule has 0 fully saturated rings. The Balaban J connectivity index is 2.69. The standard InChI is InChI=1S/C10H8N2O/c11-10(13)9-5-7-3-1-2-4-8(7)6-12-9/h1-6H,(H2,11,13). The Bertz CT molecular complexity index is 465. The number of rotatable bonds is 1. The molecule has 0 saturated carbocycles. The van der Waals surface area contributed by atoms with Gasteiger partial charge in [-0.2, -0.15) is 0 Å². The molecule has 2 N–H and O–H groups in total. The van der Waals surface area contributed by atoms with Crippen LogP contribution in [0.1, 0.15) is 10.5 Å². The second kappa shape index (κ2) is 2.86. The van der Waals surface area contributed by atoms with Gasteiger partial charge >= 0.3 is 0 Å². The number of aromatic nitrogens is 1. The van der Waals surface area contributed by atoms with Gasteiger partial charge in [-0.25, -0.2) is 0 Å². The Morgan fingerprint density at radius 2 is 1.92 bits per heavy atom. The van der Waals surface area contributed by atoms with E-state index in [1.807, 2.05) is 24.3 Å². The lowest BCUT2D eigenvalue weighted by atomic mass is 10.1. The highest BCUT2D eigenvalue weighted by Crippen LogP contribution is 2.12. The number of amides is 1. The van der Waals surface area contributed by atoms with Crippen LogP contribution in [-0.2, 0) is 0 Å². The summed E-state index contributed by atoms with van der Waals surface area (Å²) in [6.45, 7) is 0. The van der Waals surface area contributed by atoms with E-state index in [2.05, 4.69) is 4.98 Å². The second-order valence-corrected chi connectivity index (χ2v) is 2.78. The minimum atomic E-state index is -0.495. The van der Waals surface area contributed by atoms with Crippen LogP contribution in [0.15, 0.2) is 36.5 Å². The maximum absolute atomic E-state index is 10.8. The summed E-state index contributed by atoms with van der Waals surface area (Å²) in [6.07, 6.45) is 1.65. The van der Waals surface area contributed by atoms with E-state index in [-0.39, 0.29) is 0 Å². The van der Waals surface area contributed by atoms with Crippen LogP contribution in [-0.4, -0.2) is 10.9 Å². The van der Waals surface area contributed by atoms with Crippen molar-refractivity contribution in [2.75, 3.05) is 0 Å². The fourth-order valence-electron chi connectivity index (χ4n) is 1.22. The van der Waals surface area contributed by atoms with Crippen molar-refractivity contribution < 1.29 is 4.79 Å². The molecule has 2 aromatic rings. The first-order valence-corrected chi connectivity index (χ1v) is 3.92. The summed E-state index contributed by atoms with van der Waals surface area (Å²) in [7, 11) is 0. The SMILES string of the molecule is NC(=O)c1cc2ccccc2cn1. The lowest BCUT2D eigenvalue weighted by Crippen LogP contribution is -2.12. The number of carbonyl (C=O) groups excluding carboxylic acids is 1. The highest BCUT2D eigenvalue weighted by atomic mass is 16.1. The average molecular weight is 172 g/mol. The first kappa shape index (κ1) is 7.73. The van der Waals surface area contributed by atoms with Crippen LogP contribution in [0.5, 0.6) is 0 Å². The third-order valence-electron chi connectivity index (χ3n) is 1.88. The molecule has 0 aliphatic heterocycles. The number of hydrogen-bond donors (Lipinski definition) is 1. The first-order valence-electron chi connectivity index (χ1n) is 3.92. The van der Waals surface area contributed by atoms with E-state index in [1.165, 1.54) is 0 Å². The fraction of sp³-hybridized carbons (Fsp3) is 0. The summed E-state index contributed by atoms with van der Waals surface area (Å²) in [5.74, 6) is -0.495. The zero-order valence-electron chi connectivity index (χ0n) is 6.90. The van der Waals surface area contributed by atoms with Gasteiger partial charge in [0.1, 0.15) is 5.69 Å². The number of hydrogen-bond acceptors (Lipinski definition) is 2. The van der Waals surface area contributed by atoms with Crippen molar-refractivity contribution in [2.45, 2.75) is 0 Å². The van der Waals surface area contributed by atoms with Crippen molar-refractivity contribution in [3.8, 4) is 0 Å². The number of carbonyl (C=O) groups is 1. The summed E-state index contributed by atoms with van der Waals surface area (Å²) >= 11 is 0. The predicted molar refractivity (Wildman–Crippen MR) is 50.3 cm³/mol. The van der Waals surface area contributed by atoms with Gasteiger partial charge in [0.15, 0.2) is 0 Å². The third kappa shape index (κ3) is 1.36. The van der Waals surface area contributed by atoms with Crippen LogP contribution < -0.4 is 5.73 Å². The molecule has 64 valence electrons. The Morgan fingerprint density at radius 3 is 2.62 bits per heavy atom. The number of pyridine rings is 1. The Kier molecular flexibility index (Phi) is 1.70. The van der Waals surface area contributed by atoms with Crippen LogP contribution >= 0.6 is 0 Å². The van der Waals surface area contributed by atoms with Gasteiger partial charge in [0.2, 0.25) is 0 Å². The quantitative estimate of drug-likeness (QED) is 0.705. The van der Waals surface area contributed by atoms with Crippen molar-refractivity contribution >= 4 is 16.7 Å². The van der Waals surface area contributed by atoms with Crippen LogP contribution in [0.2, 0.25) is 0 Å². The maximum atomic E-state index is 10.8. The Labute approximate surface area is 75.2 Å². The van der Waals surface area contributed by atoms with E-state index < -0.39 is 5.91 Å². The number of nitrogens with zero attached hydrogens (tertiary/aromatic N) is 1. The lowest BCUT2D eigenvalue weighted by Gasteiger charge is -1.97. The van der Waals surface area contributed by atoms with Crippen molar-refractivity contribution in [1.82, 2.24) is 4.98 Å². The van der Waals surface area contributed by atoms with Gasteiger partial charge < -0.3 is 5.73 Å². The molecule has 0 bridgehead atoms. The fourth-order valence-corrected chi connectivity index (χ4v) is 1.22. The molecule has 2 rings (SSSR count). The molecule has 0 aliphatic carbocycles. The van der Waals surface area contributed by atoms with Gasteiger partial charge in [0.05, 0.1) is 0 Å². The predicted octanol–water partition coefficient (Wildman–Crippen LogP) is 1.33. The van der Waals surface area contributed by atoms with Gasteiger partial charge in [-0.05, 0) is 11.5 Å². The van der Waals surface area contributed by atoms with Gasteiger partial charge in [0, 0.05) is 11.6 Å². The largest absolute Gasteiger partial charge is 0.364 e.